The van der Waals surface area contributed by atoms with Gasteiger partial charge in [-0.2, -0.15) is 5.10 Å². The Labute approximate surface area is 85.7 Å². The van der Waals surface area contributed by atoms with Crippen LogP contribution in [0.5, 0.6) is 0 Å². The third-order valence-electron chi connectivity index (χ3n) is 2.18. The zero-order valence-electron chi connectivity index (χ0n) is 9.32. The molecule has 0 saturated heterocycles. The van der Waals surface area contributed by atoms with Crippen LogP contribution in [-0.4, -0.2) is 21.3 Å². The molecule has 0 aliphatic carbocycles. The molecule has 0 atom stereocenters. The van der Waals surface area contributed by atoms with Crippen LogP contribution in [-0.2, 0) is 13.1 Å². The van der Waals surface area contributed by atoms with E-state index in [4.69, 9.17) is 0 Å². The first kappa shape index (κ1) is 11.2. The predicted molar refractivity (Wildman–Crippen MR) is 56.9 cm³/mol. The second-order valence-electron chi connectivity index (χ2n) is 3.85. The van der Waals surface area contributed by atoms with Crippen LogP contribution >= 0.6 is 0 Å². The summed E-state index contributed by atoms with van der Waals surface area (Å²) in [5.41, 5.74) is 0. The fourth-order valence-corrected chi connectivity index (χ4v) is 1.28. The minimum absolute atomic E-state index is 0.756. The van der Waals surface area contributed by atoms with E-state index < -0.39 is 0 Å². The number of hydrogen-bond acceptors (Lipinski definition) is 3. The highest BCUT2D eigenvalue weighted by molar-refractivity contribution is 4.83. The highest BCUT2D eigenvalue weighted by Crippen LogP contribution is 1.97. The molecule has 0 bridgehead atoms. The SMILES string of the molecule is CCn1ncnc1CNCCC(C)C. The molecule has 0 fully saturated rings. The number of nitrogens with one attached hydrogen (secondary N) is 1. The maximum atomic E-state index is 4.19. The zero-order chi connectivity index (χ0) is 10.4. The lowest BCUT2D eigenvalue weighted by Crippen LogP contribution is -2.19. The van der Waals surface area contributed by atoms with E-state index in [9.17, 15) is 0 Å². The Bertz CT molecular complexity index is 254. The molecule has 1 N–H and O–H groups in total. The average molecular weight is 196 g/mol. The summed E-state index contributed by atoms with van der Waals surface area (Å²) in [4.78, 5) is 4.19. The highest BCUT2D eigenvalue weighted by atomic mass is 15.3. The van der Waals surface area contributed by atoms with Crippen molar-refractivity contribution in [2.45, 2.75) is 40.3 Å². The van der Waals surface area contributed by atoms with Crippen LogP contribution in [0, 0.1) is 5.92 Å². The summed E-state index contributed by atoms with van der Waals surface area (Å²) < 4.78 is 1.92. The molecule has 0 aromatic carbocycles. The van der Waals surface area contributed by atoms with E-state index >= 15 is 0 Å². The Morgan fingerprint density at radius 1 is 1.50 bits per heavy atom. The summed E-state index contributed by atoms with van der Waals surface area (Å²) in [6, 6.07) is 0. The Hall–Kier alpha value is -0.900. The van der Waals surface area contributed by atoms with Crippen molar-refractivity contribution in [3.8, 4) is 0 Å². The maximum Gasteiger partial charge on any atom is 0.140 e. The van der Waals surface area contributed by atoms with Crippen molar-refractivity contribution in [2.75, 3.05) is 6.54 Å². The fraction of sp³-hybridized carbons (Fsp3) is 0.800. The van der Waals surface area contributed by atoms with Crippen LogP contribution in [0.3, 0.4) is 0 Å². The van der Waals surface area contributed by atoms with Gasteiger partial charge < -0.3 is 5.32 Å². The van der Waals surface area contributed by atoms with E-state index in [0.29, 0.717) is 0 Å². The van der Waals surface area contributed by atoms with Gasteiger partial charge in [-0.3, -0.25) is 0 Å². The van der Waals surface area contributed by atoms with Crippen molar-refractivity contribution in [2.24, 2.45) is 5.92 Å². The van der Waals surface area contributed by atoms with E-state index in [0.717, 1.165) is 31.4 Å². The summed E-state index contributed by atoms with van der Waals surface area (Å²) >= 11 is 0. The van der Waals surface area contributed by atoms with Gasteiger partial charge in [0.1, 0.15) is 12.2 Å². The van der Waals surface area contributed by atoms with Gasteiger partial charge in [-0.05, 0) is 25.8 Å². The van der Waals surface area contributed by atoms with Gasteiger partial charge in [0.05, 0.1) is 6.54 Å². The third kappa shape index (κ3) is 3.46. The molecule has 4 nitrogen and oxygen atoms in total. The maximum absolute atomic E-state index is 4.19. The largest absolute Gasteiger partial charge is 0.310 e. The average Bonchev–Trinajstić information content (AvgIpc) is 2.59. The quantitative estimate of drug-likeness (QED) is 0.700. The van der Waals surface area contributed by atoms with E-state index in [2.05, 4.69) is 36.2 Å². The first-order valence-corrected chi connectivity index (χ1v) is 5.31. The van der Waals surface area contributed by atoms with Crippen LogP contribution in [0.1, 0.15) is 33.0 Å². The number of aryl methyl sites for hydroxylation is 1. The van der Waals surface area contributed by atoms with Crippen molar-refractivity contribution in [3.63, 3.8) is 0 Å². The Kier molecular flexibility index (Phi) is 4.59. The topological polar surface area (TPSA) is 42.7 Å². The molecule has 0 amide bonds. The molecule has 4 heteroatoms. The Morgan fingerprint density at radius 3 is 2.93 bits per heavy atom. The van der Waals surface area contributed by atoms with E-state index in [1.807, 2.05) is 4.68 Å². The summed E-state index contributed by atoms with van der Waals surface area (Å²) in [7, 11) is 0. The van der Waals surface area contributed by atoms with Gasteiger partial charge in [-0.1, -0.05) is 13.8 Å². The Balaban J connectivity index is 2.24. The minimum atomic E-state index is 0.756. The summed E-state index contributed by atoms with van der Waals surface area (Å²) in [6.07, 6.45) is 2.82. The van der Waals surface area contributed by atoms with E-state index in [1.54, 1.807) is 6.33 Å². The van der Waals surface area contributed by atoms with Gasteiger partial charge in [0.2, 0.25) is 0 Å². The molecular formula is C10H20N4. The van der Waals surface area contributed by atoms with E-state index in [1.165, 1.54) is 6.42 Å². The molecule has 1 rings (SSSR count). The molecule has 1 heterocycles. The lowest BCUT2D eigenvalue weighted by molar-refractivity contribution is 0.515. The van der Waals surface area contributed by atoms with Crippen molar-refractivity contribution in [1.82, 2.24) is 20.1 Å². The zero-order valence-corrected chi connectivity index (χ0v) is 9.32. The standard InChI is InChI=1S/C10H20N4/c1-4-14-10(12-8-13-14)7-11-6-5-9(2)3/h8-9,11H,4-7H2,1-3H3. The monoisotopic (exact) mass is 196 g/mol. The fourth-order valence-electron chi connectivity index (χ4n) is 1.28. The van der Waals surface area contributed by atoms with Crippen molar-refractivity contribution in [1.29, 1.82) is 0 Å². The molecule has 0 aliphatic rings. The Morgan fingerprint density at radius 2 is 2.29 bits per heavy atom. The molecule has 80 valence electrons. The lowest BCUT2D eigenvalue weighted by atomic mass is 10.1. The molecule has 1 aromatic rings. The van der Waals surface area contributed by atoms with Gasteiger partial charge in [0.25, 0.3) is 0 Å². The van der Waals surface area contributed by atoms with Crippen LogP contribution in [0.25, 0.3) is 0 Å². The number of nitrogens with zero attached hydrogens (tertiary/aromatic N) is 3. The predicted octanol–water partition coefficient (Wildman–Crippen LogP) is 1.43. The highest BCUT2D eigenvalue weighted by Gasteiger charge is 2.01. The van der Waals surface area contributed by atoms with Crippen LogP contribution in [0.2, 0.25) is 0 Å². The summed E-state index contributed by atoms with van der Waals surface area (Å²) in [5, 5.41) is 7.48. The van der Waals surface area contributed by atoms with Gasteiger partial charge in [0.15, 0.2) is 0 Å². The summed E-state index contributed by atoms with van der Waals surface area (Å²) in [6.45, 7) is 9.30. The van der Waals surface area contributed by atoms with Gasteiger partial charge in [0, 0.05) is 6.54 Å². The smallest absolute Gasteiger partial charge is 0.140 e. The molecule has 0 spiro atoms. The number of aromatic nitrogens is 3. The third-order valence-corrected chi connectivity index (χ3v) is 2.18. The molecule has 0 unspecified atom stereocenters. The van der Waals surface area contributed by atoms with Crippen molar-refractivity contribution >= 4 is 0 Å². The molecular weight excluding hydrogens is 176 g/mol. The van der Waals surface area contributed by atoms with Crippen molar-refractivity contribution < 1.29 is 0 Å². The lowest BCUT2D eigenvalue weighted by Gasteiger charge is -2.06. The first-order chi connectivity index (χ1) is 6.74. The normalized spacial score (nSPS) is 11.1. The molecule has 14 heavy (non-hydrogen) atoms. The molecule has 0 aliphatic heterocycles. The summed E-state index contributed by atoms with van der Waals surface area (Å²) in [5.74, 6) is 1.78. The van der Waals surface area contributed by atoms with Crippen LogP contribution < -0.4 is 5.32 Å². The van der Waals surface area contributed by atoms with Gasteiger partial charge >= 0.3 is 0 Å². The van der Waals surface area contributed by atoms with Gasteiger partial charge in [-0.15, -0.1) is 0 Å². The molecule has 0 radical (unpaired) electrons. The molecule has 0 saturated carbocycles. The van der Waals surface area contributed by atoms with E-state index in [-0.39, 0.29) is 0 Å². The van der Waals surface area contributed by atoms with Crippen molar-refractivity contribution in [3.05, 3.63) is 12.2 Å². The second kappa shape index (κ2) is 5.75. The number of rotatable bonds is 6. The first-order valence-electron chi connectivity index (χ1n) is 5.31. The minimum Gasteiger partial charge on any atom is -0.310 e. The van der Waals surface area contributed by atoms with Crippen LogP contribution in [0.4, 0.5) is 0 Å². The number of hydrogen-bond donors (Lipinski definition) is 1. The second-order valence-corrected chi connectivity index (χ2v) is 3.85. The van der Waals surface area contributed by atoms with Gasteiger partial charge in [-0.25, -0.2) is 9.67 Å². The molecule has 1 aromatic heterocycles. The van der Waals surface area contributed by atoms with Crippen LogP contribution in [0.15, 0.2) is 6.33 Å².